The molecule has 8 nitrogen and oxygen atoms in total. The summed E-state index contributed by atoms with van der Waals surface area (Å²) in [6.45, 7) is 0.649. The number of carboxylic acids is 1. The number of methoxy groups -OCH3 is 1. The zero-order valence-corrected chi connectivity index (χ0v) is 21.1. The van der Waals surface area contributed by atoms with Crippen LogP contribution in [0.15, 0.2) is 40.0 Å². The smallest absolute Gasteiger partial charge is 0.335 e. The van der Waals surface area contributed by atoms with Crippen molar-refractivity contribution in [2.45, 2.75) is 43.9 Å². The number of rotatable bonds is 9. The van der Waals surface area contributed by atoms with Crippen molar-refractivity contribution in [3.8, 4) is 0 Å². The van der Waals surface area contributed by atoms with Gasteiger partial charge in [0.2, 0.25) is 0 Å². The second-order valence-corrected chi connectivity index (χ2v) is 10.1. The van der Waals surface area contributed by atoms with Crippen molar-refractivity contribution < 1.29 is 28.5 Å². The van der Waals surface area contributed by atoms with Crippen LogP contribution < -0.4 is 10.6 Å². The van der Waals surface area contributed by atoms with E-state index in [9.17, 15) is 23.8 Å². The summed E-state index contributed by atoms with van der Waals surface area (Å²) in [5.41, 5.74) is 0.505. The summed E-state index contributed by atoms with van der Waals surface area (Å²) >= 11 is 7.46. The van der Waals surface area contributed by atoms with E-state index in [-0.39, 0.29) is 29.7 Å². The maximum absolute atomic E-state index is 14.3. The van der Waals surface area contributed by atoms with Gasteiger partial charge in [0.1, 0.15) is 6.04 Å². The van der Waals surface area contributed by atoms with Crippen molar-refractivity contribution >= 4 is 34.7 Å². The van der Waals surface area contributed by atoms with Gasteiger partial charge in [-0.25, -0.2) is 18.6 Å². The number of halogens is 3. The number of aliphatic imine (C=N–C) groups is 1. The fourth-order valence-corrected chi connectivity index (χ4v) is 5.53. The third-order valence-corrected chi connectivity index (χ3v) is 7.60. The van der Waals surface area contributed by atoms with E-state index in [1.165, 1.54) is 24.5 Å². The minimum atomic E-state index is -1.24. The van der Waals surface area contributed by atoms with Crippen LogP contribution in [0.2, 0.25) is 5.02 Å². The number of carbonyl (C=O) groups is 1. The molecule has 2 aliphatic rings. The number of allylic oxidation sites excluding steroid dienone is 1. The molecule has 2 heterocycles. The van der Waals surface area contributed by atoms with Gasteiger partial charge in [-0.15, -0.1) is 11.3 Å². The molecule has 2 aromatic rings. The molecule has 0 saturated heterocycles. The van der Waals surface area contributed by atoms with Crippen LogP contribution in [0.25, 0.3) is 0 Å². The molecule has 1 unspecified atom stereocenters. The average molecular weight is 541 g/mol. The number of aliphatic hydroxyl groups excluding tert-OH is 1. The lowest BCUT2D eigenvalue weighted by Crippen LogP contribution is -2.42. The molecule has 0 spiro atoms. The largest absolute Gasteiger partial charge is 0.478 e. The van der Waals surface area contributed by atoms with Crippen molar-refractivity contribution in [3.05, 3.63) is 62.2 Å². The van der Waals surface area contributed by atoms with E-state index in [2.05, 4.69) is 20.6 Å². The number of carboxylic acid groups (broad SMARTS) is 1. The first kappa shape index (κ1) is 26.6. The number of amidine groups is 1. The molecular weight excluding hydrogens is 514 g/mol. The van der Waals surface area contributed by atoms with Crippen LogP contribution in [0.5, 0.6) is 0 Å². The monoisotopic (exact) mass is 540 g/mol. The van der Waals surface area contributed by atoms with Gasteiger partial charge >= 0.3 is 5.97 Å². The first-order valence-electron chi connectivity index (χ1n) is 11.6. The molecular formula is C24H27ClF2N4O4S. The van der Waals surface area contributed by atoms with Gasteiger partial charge in [-0.05, 0) is 37.7 Å². The third kappa shape index (κ3) is 5.76. The number of thiazole rings is 1. The van der Waals surface area contributed by atoms with Crippen LogP contribution >= 0.6 is 22.9 Å². The molecule has 1 fully saturated rings. The molecule has 1 aromatic carbocycles. The van der Waals surface area contributed by atoms with Crippen molar-refractivity contribution in [2.75, 3.05) is 20.3 Å². The number of aliphatic carboxylic acids is 1. The molecule has 12 heteroatoms. The summed E-state index contributed by atoms with van der Waals surface area (Å²) in [4.78, 5) is 21.3. The SMILES string of the molecule is COC[C@@H](O)CNC1CCC(C2=C(C(=O)O)C(c3ccc(F)c(F)c3Cl)N=C(c3nccs3)N2)CC1. The molecule has 2 atom stereocenters. The number of aromatic nitrogens is 1. The lowest BCUT2D eigenvalue weighted by atomic mass is 9.80. The highest BCUT2D eigenvalue weighted by atomic mass is 35.5. The predicted octanol–water partition coefficient (Wildman–Crippen LogP) is 3.66. The van der Waals surface area contributed by atoms with Gasteiger partial charge in [-0.1, -0.05) is 17.7 Å². The molecule has 1 aliphatic carbocycles. The summed E-state index contributed by atoms with van der Waals surface area (Å²) in [5, 5.41) is 28.5. The third-order valence-electron chi connectivity index (χ3n) is 6.44. The van der Waals surface area contributed by atoms with Gasteiger partial charge in [0.05, 0.1) is 23.3 Å². The first-order valence-corrected chi connectivity index (χ1v) is 12.8. The van der Waals surface area contributed by atoms with E-state index in [1.54, 1.807) is 11.6 Å². The summed E-state index contributed by atoms with van der Waals surface area (Å²) in [6, 6.07) is 1.23. The number of nitrogens with zero attached hydrogens (tertiary/aromatic N) is 2. The quantitative estimate of drug-likeness (QED) is 0.359. The van der Waals surface area contributed by atoms with E-state index in [1.807, 2.05) is 0 Å². The Kier molecular flexibility index (Phi) is 8.68. The maximum atomic E-state index is 14.3. The van der Waals surface area contributed by atoms with Crippen molar-refractivity contribution in [2.24, 2.45) is 10.9 Å². The Morgan fingerprint density at radius 1 is 1.33 bits per heavy atom. The normalized spacial score (nSPS) is 23.2. The van der Waals surface area contributed by atoms with Crippen LogP contribution in [0.4, 0.5) is 8.78 Å². The second-order valence-electron chi connectivity index (χ2n) is 8.81. The van der Waals surface area contributed by atoms with Gasteiger partial charge in [0.15, 0.2) is 22.5 Å². The highest BCUT2D eigenvalue weighted by Gasteiger charge is 2.37. The molecule has 4 N–H and O–H groups in total. The minimum absolute atomic E-state index is 0.0462. The van der Waals surface area contributed by atoms with Crippen molar-refractivity contribution in [3.63, 3.8) is 0 Å². The fraction of sp³-hybridized carbons (Fsp3) is 0.458. The standard InChI is InChI=1S/C24H27ClF2N4O4S/c1-35-11-14(32)10-29-13-4-2-12(3-5-13)20-17(24(33)34)21(15-6-7-16(26)19(27)18(15)25)31-22(30-20)23-28-8-9-36-23/h6-9,12-14,21,29,32H,2-5,10-11H2,1H3,(H,30,31)(H,33,34)/t12?,13?,14-,21?/m0/s1. The lowest BCUT2D eigenvalue weighted by molar-refractivity contribution is -0.133. The Morgan fingerprint density at radius 3 is 2.72 bits per heavy atom. The van der Waals surface area contributed by atoms with Crippen molar-refractivity contribution in [1.29, 1.82) is 0 Å². The van der Waals surface area contributed by atoms with Crippen molar-refractivity contribution in [1.82, 2.24) is 15.6 Å². The van der Waals surface area contributed by atoms with Crippen LogP contribution in [-0.4, -0.2) is 59.4 Å². The van der Waals surface area contributed by atoms with E-state index in [0.29, 0.717) is 35.9 Å². The summed E-state index contributed by atoms with van der Waals surface area (Å²) < 4.78 is 33.1. The predicted molar refractivity (Wildman–Crippen MR) is 132 cm³/mol. The van der Waals surface area contributed by atoms with Gasteiger partial charge in [0.25, 0.3) is 0 Å². The first-order chi connectivity index (χ1) is 17.3. The zero-order chi connectivity index (χ0) is 25.8. The molecule has 0 bridgehead atoms. The molecule has 1 aromatic heterocycles. The van der Waals surface area contributed by atoms with Crippen LogP contribution in [0, 0.1) is 17.6 Å². The number of hydrogen-bond acceptors (Lipinski definition) is 8. The number of ether oxygens (including phenoxy) is 1. The number of aliphatic hydroxyl groups is 1. The Balaban J connectivity index is 1.64. The molecule has 0 amide bonds. The minimum Gasteiger partial charge on any atom is -0.478 e. The van der Waals surface area contributed by atoms with Crippen LogP contribution in [-0.2, 0) is 9.53 Å². The summed E-state index contributed by atoms with van der Waals surface area (Å²) in [5.74, 6) is -3.35. The Hall–Kier alpha value is -2.44. The Morgan fingerprint density at radius 2 is 2.08 bits per heavy atom. The topological polar surface area (TPSA) is 116 Å². The number of benzene rings is 1. The summed E-state index contributed by atoms with van der Waals surface area (Å²) in [6.07, 6.45) is 3.90. The van der Waals surface area contributed by atoms with E-state index >= 15 is 0 Å². The highest BCUT2D eigenvalue weighted by Crippen LogP contribution is 2.41. The van der Waals surface area contributed by atoms with Crippen LogP contribution in [0.3, 0.4) is 0 Å². The number of hydrogen-bond donors (Lipinski definition) is 4. The Labute approximate surface area is 216 Å². The summed E-state index contributed by atoms with van der Waals surface area (Å²) in [7, 11) is 1.53. The van der Waals surface area contributed by atoms with Crippen LogP contribution in [0.1, 0.15) is 42.3 Å². The maximum Gasteiger partial charge on any atom is 0.335 e. The highest BCUT2D eigenvalue weighted by molar-refractivity contribution is 7.11. The zero-order valence-electron chi connectivity index (χ0n) is 19.5. The fourth-order valence-electron chi connectivity index (χ4n) is 4.69. The van der Waals surface area contributed by atoms with E-state index < -0.39 is 34.8 Å². The molecule has 0 radical (unpaired) electrons. The average Bonchev–Trinajstić information content (AvgIpc) is 3.41. The molecule has 194 valence electrons. The molecule has 4 rings (SSSR count). The molecule has 1 saturated carbocycles. The second kappa shape index (κ2) is 11.7. The van der Waals surface area contributed by atoms with Gasteiger partial charge in [-0.2, -0.15) is 0 Å². The number of nitrogens with one attached hydrogen (secondary N) is 2. The molecule has 1 aliphatic heterocycles. The van der Waals surface area contributed by atoms with E-state index in [0.717, 1.165) is 18.9 Å². The van der Waals surface area contributed by atoms with E-state index in [4.69, 9.17) is 16.3 Å². The lowest BCUT2D eigenvalue weighted by Gasteiger charge is -2.35. The van der Waals surface area contributed by atoms with Gasteiger partial charge in [-0.3, -0.25) is 4.99 Å². The Bertz CT molecular complexity index is 1150. The molecule has 36 heavy (non-hydrogen) atoms. The van der Waals surface area contributed by atoms with Gasteiger partial charge in [0, 0.05) is 42.5 Å². The van der Waals surface area contributed by atoms with Gasteiger partial charge < -0.3 is 25.6 Å².